The van der Waals surface area contributed by atoms with Gasteiger partial charge in [0.25, 0.3) is 0 Å². The van der Waals surface area contributed by atoms with Crippen molar-refractivity contribution >= 4 is 22.3 Å². The average molecular weight is 279 g/mol. The topological polar surface area (TPSA) is 45.0 Å². The number of anilines is 2. The van der Waals surface area contributed by atoms with Crippen LogP contribution in [0.15, 0.2) is 54.7 Å². The Labute approximate surface area is 125 Å². The highest BCUT2D eigenvalue weighted by atomic mass is 15.1. The summed E-state index contributed by atoms with van der Waals surface area (Å²) in [5, 5.41) is 1.31. The number of nitrogen functional groups attached to an aromatic ring is 1. The summed E-state index contributed by atoms with van der Waals surface area (Å²) in [7, 11) is 0. The second-order valence-corrected chi connectivity index (χ2v) is 5.25. The molecule has 0 bridgehead atoms. The number of H-pyrrole nitrogens is 1. The van der Waals surface area contributed by atoms with E-state index in [4.69, 9.17) is 5.73 Å². The zero-order valence-electron chi connectivity index (χ0n) is 12.3. The standard InChI is InChI=1S/C18H21N3/c1-2-21(18-10-6-4-8-16(18)19)12-11-14-13-20-17-9-5-3-7-15(14)17/h3-10,13,20H,2,11-12,19H2,1H3. The zero-order chi connectivity index (χ0) is 14.7. The molecule has 21 heavy (non-hydrogen) atoms. The number of benzene rings is 2. The number of rotatable bonds is 5. The molecule has 0 radical (unpaired) electrons. The van der Waals surface area contributed by atoms with Crippen LogP contribution in [0.5, 0.6) is 0 Å². The number of aromatic nitrogens is 1. The minimum atomic E-state index is 0.846. The molecule has 0 spiro atoms. The van der Waals surface area contributed by atoms with Crippen molar-refractivity contribution in [2.45, 2.75) is 13.3 Å². The zero-order valence-corrected chi connectivity index (χ0v) is 12.3. The molecular weight excluding hydrogens is 258 g/mol. The third kappa shape index (κ3) is 2.72. The van der Waals surface area contributed by atoms with Gasteiger partial charge in [-0.15, -0.1) is 0 Å². The second-order valence-electron chi connectivity index (χ2n) is 5.25. The molecule has 3 nitrogen and oxygen atoms in total. The first-order chi connectivity index (χ1) is 10.3. The molecule has 0 aliphatic carbocycles. The minimum Gasteiger partial charge on any atom is -0.397 e. The number of nitrogens with two attached hydrogens (primary N) is 1. The van der Waals surface area contributed by atoms with E-state index < -0.39 is 0 Å². The molecule has 0 saturated carbocycles. The lowest BCUT2D eigenvalue weighted by Gasteiger charge is -2.24. The summed E-state index contributed by atoms with van der Waals surface area (Å²) in [6.45, 7) is 4.09. The number of hydrogen-bond acceptors (Lipinski definition) is 2. The Morgan fingerprint density at radius 2 is 1.81 bits per heavy atom. The molecule has 0 aliphatic heterocycles. The Morgan fingerprint density at radius 1 is 1.05 bits per heavy atom. The molecule has 3 N–H and O–H groups in total. The van der Waals surface area contributed by atoms with Crippen LogP contribution in [0.3, 0.4) is 0 Å². The number of hydrogen-bond donors (Lipinski definition) is 2. The highest BCUT2D eigenvalue weighted by Gasteiger charge is 2.09. The second kappa shape index (κ2) is 5.92. The molecule has 3 heteroatoms. The van der Waals surface area contributed by atoms with Gasteiger partial charge in [-0.05, 0) is 37.1 Å². The smallest absolute Gasteiger partial charge is 0.0599 e. The van der Waals surface area contributed by atoms with Gasteiger partial charge in [0.1, 0.15) is 0 Å². The lowest BCUT2D eigenvalue weighted by molar-refractivity contribution is 0.812. The number of aromatic amines is 1. The maximum Gasteiger partial charge on any atom is 0.0599 e. The molecule has 0 aliphatic rings. The van der Waals surface area contributed by atoms with Gasteiger partial charge in [0.15, 0.2) is 0 Å². The number of para-hydroxylation sites is 3. The normalized spacial score (nSPS) is 10.9. The van der Waals surface area contributed by atoms with Crippen LogP contribution in [0.1, 0.15) is 12.5 Å². The van der Waals surface area contributed by atoms with E-state index in [-0.39, 0.29) is 0 Å². The Bertz CT molecular complexity index is 730. The first-order valence-electron chi connectivity index (χ1n) is 7.44. The van der Waals surface area contributed by atoms with Crippen LogP contribution in [0, 0.1) is 0 Å². The Morgan fingerprint density at radius 3 is 2.62 bits per heavy atom. The van der Waals surface area contributed by atoms with E-state index in [0.29, 0.717) is 0 Å². The maximum absolute atomic E-state index is 6.09. The summed E-state index contributed by atoms with van der Waals surface area (Å²) < 4.78 is 0. The predicted octanol–water partition coefficient (Wildman–Crippen LogP) is 3.82. The molecule has 0 amide bonds. The lowest BCUT2D eigenvalue weighted by atomic mass is 10.1. The van der Waals surface area contributed by atoms with E-state index in [1.807, 2.05) is 18.2 Å². The first-order valence-corrected chi connectivity index (χ1v) is 7.44. The first kappa shape index (κ1) is 13.6. The van der Waals surface area contributed by atoms with E-state index in [1.54, 1.807) is 0 Å². The van der Waals surface area contributed by atoms with Gasteiger partial charge < -0.3 is 15.6 Å². The molecule has 0 fully saturated rings. The Kier molecular flexibility index (Phi) is 3.82. The number of fused-ring (bicyclic) bond motifs is 1. The third-order valence-electron chi connectivity index (χ3n) is 3.99. The molecule has 3 rings (SSSR count). The van der Waals surface area contributed by atoms with Gasteiger partial charge in [-0.1, -0.05) is 30.3 Å². The molecule has 0 unspecified atom stereocenters. The van der Waals surface area contributed by atoms with Crippen LogP contribution >= 0.6 is 0 Å². The summed E-state index contributed by atoms with van der Waals surface area (Å²) in [5.41, 5.74) is 10.6. The SMILES string of the molecule is CCN(CCc1c[nH]c2ccccc12)c1ccccc1N. The van der Waals surface area contributed by atoms with E-state index in [2.05, 4.69) is 53.3 Å². The van der Waals surface area contributed by atoms with Gasteiger partial charge in [0.05, 0.1) is 11.4 Å². The summed E-state index contributed by atoms with van der Waals surface area (Å²) in [6.07, 6.45) is 3.12. The van der Waals surface area contributed by atoms with Crippen LogP contribution in [0.2, 0.25) is 0 Å². The molecule has 0 saturated heterocycles. The maximum atomic E-state index is 6.09. The largest absolute Gasteiger partial charge is 0.397 e. The quantitative estimate of drug-likeness (QED) is 0.697. The fraction of sp³-hybridized carbons (Fsp3) is 0.222. The van der Waals surface area contributed by atoms with E-state index in [1.165, 1.54) is 16.5 Å². The molecular formula is C18H21N3. The van der Waals surface area contributed by atoms with Crippen molar-refractivity contribution in [3.8, 4) is 0 Å². The predicted molar refractivity (Wildman–Crippen MR) is 90.7 cm³/mol. The summed E-state index contributed by atoms with van der Waals surface area (Å²) in [4.78, 5) is 5.67. The van der Waals surface area contributed by atoms with Gasteiger partial charge in [-0.2, -0.15) is 0 Å². The highest BCUT2D eigenvalue weighted by molar-refractivity contribution is 5.83. The molecule has 0 atom stereocenters. The van der Waals surface area contributed by atoms with Crippen molar-refractivity contribution in [1.29, 1.82) is 0 Å². The Hall–Kier alpha value is -2.42. The van der Waals surface area contributed by atoms with Gasteiger partial charge in [0.2, 0.25) is 0 Å². The monoisotopic (exact) mass is 279 g/mol. The van der Waals surface area contributed by atoms with Gasteiger partial charge in [-0.25, -0.2) is 0 Å². The van der Waals surface area contributed by atoms with Crippen molar-refractivity contribution in [3.05, 3.63) is 60.3 Å². The number of nitrogens with one attached hydrogen (secondary N) is 1. The van der Waals surface area contributed by atoms with Crippen molar-refractivity contribution in [3.63, 3.8) is 0 Å². The molecule has 1 heterocycles. The van der Waals surface area contributed by atoms with E-state index in [0.717, 1.165) is 30.9 Å². The van der Waals surface area contributed by atoms with Crippen molar-refractivity contribution in [1.82, 2.24) is 4.98 Å². The van der Waals surface area contributed by atoms with Crippen LogP contribution in [-0.4, -0.2) is 18.1 Å². The van der Waals surface area contributed by atoms with Crippen LogP contribution < -0.4 is 10.6 Å². The lowest BCUT2D eigenvalue weighted by Crippen LogP contribution is -2.26. The fourth-order valence-corrected chi connectivity index (χ4v) is 2.82. The number of likely N-dealkylation sites (N-methyl/N-ethyl adjacent to an activating group) is 1. The molecule has 1 aromatic heterocycles. The van der Waals surface area contributed by atoms with Gasteiger partial charge in [-0.3, -0.25) is 0 Å². The van der Waals surface area contributed by atoms with Crippen molar-refractivity contribution in [2.24, 2.45) is 0 Å². The van der Waals surface area contributed by atoms with Gasteiger partial charge in [0, 0.05) is 30.2 Å². The van der Waals surface area contributed by atoms with Crippen LogP contribution in [0.4, 0.5) is 11.4 Å². The van der Waals surface area contributed by atoms with Crippen molar-refractivity contribution < 1.29 is 0 Å². The Balaban J connectivity index is 1.78. The molecule has 2 aromatic carbocycles. The summed E-state index contributed by atoms with van der Waals surface area (Å²) in [5.74, 6) is 0. The van der Waals surface area contributed by atoms with Crippen molar-refractivity contribution in [2.75, 3.05) is 23.7 Å². The summed E-state index contributed by atoms with van der Waals surface area (Å²) >= 11 is 0. The highest BCUT2D eigenvalue weighted by Crippen LogP contribution is 2.24. The number of nitrogens with zero attached hydrogens (tertiary/aromatic N) is 1. The summed E-state index contributed by atoms with van der Waals surface area (Å²) in [6, 6.07) is 16.5. The van der Waals surface area contributed by atoms with Gasteiger partial charge >= 0.3 is 0 Å². The van der Waals surface area contributed by atoms with E-state index in [9.17, 15) is 0 Å². The minimum absolute atomic E-state index is 0.846. The average Bonchev–Trinajstić information content (AvgIpc) is 2.93. The molecule has 108 valence electrons. The fourth-order valence-electron chi connectivity index (χ4n) is 2.82. The van der Waals surface area contributed by atoms with Crippen LogP contribution in [-0.2, 0) is 6.42 Å². The molecule has 3 aromatic rings. The van der Waals surface area contributed by atoms with E-state index >= 15 is 0 Å². The van der Waals surface area contributed by atoms with Crippen LogP contribution in [0.25, 0.3) is 10.9 Å². The third-order valence-corrected chi connectivity index (χ3v) is 3.99.